The van der Waals surface area contributed by atoms with Crippen LogP contribution in [0.25, 0.3) is 11.3 Å². The molecule has 0 bridgehead atoms. The first-order valence-corrected chi connectivity index (χ1v) is 7.53. The number of hydrogen-bond acceptors (Lipinski definition) is 3. The van der Waals surface area contributed by atoms with Crippen molar-refractivity contribution < 1.29 is 13.9 Å². The van der Waals surface area contributed by atoms with E-state index in [-0.39, 0.29) is 13.2 Å². The Kier molecular flexibility index (Phi) is 3.49. The average molecular weight is 323 g/mol. The molecule has 0 radical (unpaired) electrons. The molecule has 1 amide bonds. The van der Waals surface area contributed by atoms with Gasteiger partial charge in [0.2, 0.25) is 0 Å². The second-order valence-corrected chi connectivity index (χ2v) is 5.56. The molecule has 6 heteroatoms. The van der Waals surface area contributed by atoms with Gasteiger partial charge in [0.15, 0.2) is 0 Å². The van der Waals surface area contributed by atoms with E-state index in [0.29, 0.717) is 5.69 Å². The van der Waals surface area contributed by atoms with Gasteiger partial charge in [-0.15, -0.1) is 0 Å². The van der Waals surface area contributed by atoms with Gasteiger partial charge in [-0.3, -0.25) is 10.00 Å². The number of carbonyl (C=O) groups is 1. The van der Waals surface area contributed by atoms with Crippen LogP contribution in [-0.4, -0.2) is 16.3 Å². The zero-order valence-electron chi connectivity index (χ0n) is 12.7. The minimum atomic E-state index is -0.516. The molecule has 0 fully saturated rings. The van der Waals surface area contributed by atoms with Crippen molar-refractivity contribution >= 4 is 11.8 Å². The van der Waals surface area contributed by atoms with Gasteiger partial charge in [0, 0.05) is 11.1 Å². The SMILES string of the molecule is O=C(OCc1ccccc1)N1Cc2cn[nH]c2-c2ccc(F)cc21. The Labute approximate surface area is 137 Å². The van der Waals surface area contributed by atoms with E-state index in [1.54, 1.807) is 12.3 Å². The summed E-state index contributed by atoms with van der Waals surface area (Å²) in [4.78, 5) is 14.0. The number of rotatable bonds is 2. The predicted molar refractivity (Wildman–Crippen MR) is 86.8 cm³/mol. The lowest BCUT2D eigenvalue weighted by molar-refractivity contribution is 0.146. The van der Waals surface area contributed by atoms with Crippen LogP contribution in [0.1, 0.15) is 11.1 Å². The number of H-pyrrole nitrogens is 1. The summed E-state index contributed by atoms with van der Waals surface area (Å²) in [7, 11) is 0. The van der Waals surface area contributed by atoms with Crippen LogP contribution in [-0.2, 0) is 17.9 Å². The molecule has 120 valence electrons. The zero-order valence-corrected chi connectivity index (χ0v) is 12.7. The number of aromatic nitrogens is 2. The second-order valence-electron chi connectivity index (χ2n) is 5.56. The Balaban J connectivity index is 1.62. The highest BCUT2D eigenvalue weighted by molar-refractivity contribution is 5.96. The number of nitrogens with one attached hydrogen (secondary N) is 1. The summed E-state index contributed by atoms with van der Waals surface area (Å²) < 4.78 is 19.1. The van der Waals surface area contributed by atoms with E-state index in [2.05, 4.69) is 10.2 Å². The number of hydrogen-bond donors (Lipinski definition) is 1. The van der Waals surface area contributed by atoms with Crippen LogP contribution < -0.4 is 4.90 Å². The number of anilines is 1. The molecule has 0 spiro atoms. The maximum absolute atomic E-state index is 13.7. The molecule has 2 aromatic carbocycles. The lowest BCUT2D eigenvalue weighted by atomic mass is 10.0. The summed E-state index contributed by atoms with van der Waals surface area (Å²) in [5, 5.41) is 6.91. The van der Waals surface area contributed by atoms with Gasteiger partial charge in [-0.1, -0.05) is 30.3 Å². The normalized spacial score (nSPS) is 12.5. The molecule has 0 unspecified atom stereocenters. The van der Waals surface area contributed by atoms with E-state index in [9.17, 15) is 9.18 Å². The number of benzene rings is 2. The van der Waals surface area contributed by atoms with Crippen LogP contribution in [0.5, 0.6) is 0 Å². The molecule has 0 saturated carbocycles. The van der Waals surface area contributed by atoms with Crippen LogP contribution >= 0.6 is 0 Å². The number of nitrogens with zero attached hydrogens (tertiary/aromatic N) is 2. The van der Waals surface area contributed by atoms with E-state index in [1.807, 2.05) is 30.3 Å². The highest BCUT2D eigenvalue weighted by atomic mass is 19.1. The van der Waals surface area contributed by atoms with Crippen molar-refractivity contribution in [1.29, 1.82) is 0 Å². The summed E-state index contributed by atoms with van der Waals surface area (Å²) in [5.41, 5.74) is 3.77. The Morgan fingerprint density at radius 1 is 1.25 bits per heavy atom. The quantitative estimate of drug-likeness (QED) is 0.779. The summed E-state index contributed by atoms with van der Waals surface area (Å²) in [5.74, 6) is -0.405. The van der Waals surface area contributed by atoms with Gasteiger partial charge in [-0.25, -0.2) is 9.18 Å². The van der Waals surface area contributed by atoms with Crippen LogP contribution in [0, 0.1) is 5.82 Å². The molecule has 3 aromatic rings. The average Bonchev–Trinajstić information content (AvgIpc) is 3.08. The molecule has 1 aliphatic rings. The van der Waals surface area contributed by atoms with Crippen molar-refractivity contribution in [2.75, 3.05) is 4.90 Å². The van der Waals surface area contributed by atoms with Crippen LogP contribution in [0.15, 0.2) is 54.7 Å². The molecule has 5 nitrogen and oxygen atoms in total. The van der Waals surface area contributed by atoms with E-state index in [0.717, 1.165) is 22.4 Å². The number of ether oxygens (including phenoxy) is 1. The van der Waals surface area contributed by atoms with Gasteiger partial charge in [0.1, 0.15) is 12.4 Å². The van der Waals surface area contributed by atoms with Gasteiger partial charge in [0.05, 0.1) is 24.1 Å². The Hall–Kier alpha value is -3.15. The van der Waals surface area contributed by atoms with Gasteiger partial charge in [0.25, 0.3) is 0 Å². The van der Waals surface area contributed by atoms with E-state index in [4.69, 9.17) is 4.74 Å². The fourth-order valence-electron chi connectivity index (χ4n) is 2.82. The highest BCUT2D eigenvalue weighted by Gasteiger charge is 2.29. The van der Waals surface area contributed by atoms with E-state index in [1.165, 1.54) is 17.0 Å². The first-order valence-electron chi connectivity index (χ1n) is 7.53. The first kappa shape index (κ1) is 14.4. The lowest BCUT2D eigenvalue weighted by Crippen LogP contribution is -2.33. The summed E-state index contributed by atoms with van der Waals surface area (Å²) in [6.45, 7) is 0.453. The van der Waals surface area contributed by atoms with Crippen molar-refractivity contribution in [3.63, 3.8) is 0 Å². The summed E-state index contributed by atoms with van der Waals surface area (Å²) in [6.07, 6.45) is 1.15. The largest absolute Gasteiger partial charge is 0.444 e. The molecule has 1 aromatic heterocycles. The molecule has 24 heavy (non-hydrogen) atoms. The molecule has 0 atom stereocenters. The fraction of sp³-hybridized carbons (Fsp3) is 0.111. The lowest BCUT2D eigenvalue weighted by Gasteiger charge is -2.28. The molecular weight excluding hydrogens is 309 g/mol. The van der Waals surface area contributed by atoms with Crippen molar-refractivity contribution in [1.82, 2.24) is 10.2 Å². The Bertz CT molecular complexity index is 892. The van der Waals surface area contributed by atoms with E-state index < -0.39 is 11.9 Å². The molecule has 1 aliphatic heterocycles. The minimum absolute atomic E-state index is 0.166. The number of fused-ring (bicyclic) bond motifs is 3. The minimum Gasteiger partial charge on any atom is -0.444 e. The number of amides is 1. The molecule has 0 saturated heterocycles. The van der Waals surface area contributed by atoms with Crippen LogP contribution in [0.3, 0.4) is 0 Å². The molecule has 1 N–H and O–H groups in total. The van der Waals surface area contributed by atoms with Gasteiger partial charge in [-0.2, -0.15) is 5.10 Å². The van der Waals surface area contributed by atoms with Gasteiger partial charge < -0.3 is 4.74 Å². The number of carbonyl (C=O) groups excluding carboxylic acids is 1. The maximum Gasteiger partial charge on any atom is 0.414 e. The van der Waals surface area contributed by atoms with E-state index >= 15 is 0 Å². The Morgan fingerprint density at radius 2 is 2.08 bits per heavy atom. The third kappa shape index (κ3) is 2.52. The number of halogens is 1. The molecule has 0 aliphatic carbocycles. The maximum atomic E-state index is 13.7. The van der Waals surface area contributed by atoms with Crippen molar-refractivity contribution in [2.45, 2.75) is 13.2 Å². The van der Waals surface area contributed by atoms with Gasteiger partial charge >= 0.3 is 6.09 Å². The Morgan fingerprint density at radius 3 is 2.92 bits per heavy atom. The monoisotopic (exact) mass is 323 g/mol. The number of aromatic amines is 1. The molecule has 4 rings (SSSR count). The van der Waals surface area contributed by atoms with Crippen molar-refractivity contribution in [3.8, 4) is 11.3 Å². The molecule has 2 heterocycles. The third-order valence-corrected chi connectivity index (χ3v) is 3.99. The zero-order chi connectivity index (χ0) is 16.5. The van der Waals surface area contributed by atoms with Crippen LogP contribution in [0.2, 0.25) is 0 Å². The van der Waals surface area contributed by atoms with Gasteiger partial charge in [-0.05, 0) is 23.8 Å². The summed E-state index contributed by atoms with van der Waals surface area (Å²) in [6, 6.07) is 13.8. The highest BCUT2D eigenvalue weighted by Crippen LogP contribution is 2.38. The predicted octanol–water partition coefficient (Wildman–Crippen LogP) is 3.87. The third-order valence-electron chi connectivity index (χ3n) is 3.99. The van der Waals surface area contributed by atoms with Crippen LogP contribution in [0.4, 0.5) is 14.9 Å². The second kappa shape index (κ2) is 5.81. The van der Waals surface area contributed by atoms with Crippen molar-refractivity contribution in [3.05, 3.63) is 71.7 Å². The summed E-state index contributed by atoms with van der Waals surface area (Å²) >= 11 is 0. The molecular formula is C18H14FN3O2. The fourth-order valence-corrected chi connectivity index (χ4v) is 2.82. The van der Waals surface area contributed by atoms with Crippen molar-refractivity contribution in [2.24, 2.45) is 0 Å². The topological polar surface area (TPSA) is 58.2 Å². The smallest absolute Gasteiger partial charge is 0.414 e. The standard InChI is InChI=1S/C18H14FN3O2/c19-14-6-7-15-16(8-14)22(10-13-9-20-21-17(13)15)18(23)24-11-12-4-2-1-3-5-12/h1-9H,10-11H2,(H,20,21). The first-order chi connectivity index (χ1) is 11.7.